The minimum atomic E-state index is -3.90. The van der Waals surface area contributed by atoms with Gasteiger partial charge in [-0.3, -0.25) is 9.59 Å². The zero-order valence-corrected chi connectivity index (χ0v) is 16.9. The molecule has 0 saturated carbocycles. The Balaban J connectivity index is 1.61. The van der Waals surface area contributed by atoms with Crippen LogP contribution in [-0.4, -0.2) is 32.8 Å². The summed E-state index contributed by atoms with van der Waals surface area (Å²) in [6, 6.07) is 19.0. The molecular formula is C22H21NO5S. The van der Waals surface area contributed by atoms with Gasteiger partial charge in [-0.15, -0.1) is 0 Å². The topological polar surface area (TPSA) is 89.5 Å². The molecule has 3 rings (SSSR count). The van der Waals surface area contributed by atoms with Gasteiger partial charge in [-0.1, -0.05) is 60.2 Å². The molecule has 3 aromatic rings. The molecule has 0 fully saturated rings. The van der Waals surface area contributed by atoms with Gasteiger partial charge in [0, 0.05) is 5.56 Å². The van der Waals surface area contributed by atoms with Gasteiger partial charge in [0.05, 0.1) is 4.90 Å². The maximum atomic E-state index is 12.5. The van der Waals surface area contributed by atoms with Gasteiger partial charge in [-0.25, -0.2) is 8.42 Å². The van der Waals surface area contributed by atoms with E-state index < -0.39 is 28.6 Å². The van der Waals surface area contributed by atoms with E-state index in [9.17, 15) is 18.0 Å². The van der Waals surface area contributed by atoms with Crippen LogP contribution in [0.5, 0.6) is 0 Å². The molecule has 0 aliphatic heterocycles. The van der Waals surface area contributed by atoms with E-state index in [4.69, 9.17) is 4.74 Å². The van der Waals surface area contributed by atoms with E-state index in [0.717, 1.165) is 16.3 Å². The van der Waals surface area contributed by atoms with Crippen molar-refractivity contribution in [3.05, 3.63) is 77.9 Å². The molecular weight excluding hydrogens is 390 g/mol. The van der Waals surface area contributed by atoms with E-state index in [2.05, 4.69) is 4.72 Å². The molecule has 1 atom stereocenters. The van der Waals surface area contributed by atoms with E-state index in [0.29, 0.717) is 5.56 Å². The van der Waals surface area contributed by atoms with Gasteiger partial charge in [0.15, 0.2) is 6.10 Å². The molecule has 0 spiro atoms. The average Bonchev–Trinajstić information content (AvgIpc) is 2.72. The van der Waals surface area contributed by atoms with Crippen molar-refractivity contribution < 1.29 is 22.7 Å². The molecule has 3 aromatic carbocycles. The molecule has 0 bridgehead atoms. The number of nitrogens with one attached hydrogen (secondary N) is 1. The molecule has 150 valence electrons. The second kappa shape index (κ2) is 8.55. The third-order valence-electron chi connectivity index (χ3n) is 4.45. The summed E-state index contributed by atoms with van der Waals surface area (Å²) in [5, 5.41) is 1.68. The SMILES string of the molecule is Cc1ccc(C(=O)[C@H](C)OC(=O)CNS(=O)(=O)c2ccc3ccccc3c2)cc1. The van der Waals surface area contributed by atoms with E-state index in [-0.39, 0.29) is 10.7 Å². The first-order valence-electron chi connectivity index (χ1n) is 9.05. The molecule has 0 heterocycles. The number of aryl methyl sites for hydroxylation is 1. The monoisotopic (exact) mass is 411 g/mol. The summed E-state index contributed by atoms with van der Waals surface area (Å²) < 4.78 is 32.2. The predicted octanol–water partition coefficient (Wildman–Crippen LogP) is 3.24. The largest absolute Gasteiger partial charge is 0.453 e. The molecule has 29 heavy (non-hydrogen) atoms. The van der Waals surface area contributed by atoms with Crippen molar-refractivity contribution in [1.82, 2.24) is 4.72 Å². The Kier molecular flexibility index (Phi) is 6.10. The van der Waals surface area contributed by atoms with E-state index in [1.165, 1.54) is 19.1 Å². The van der Waals surface area contributed by atoms with Gasteiger partial charge in [-0.05, 0) is 36.8 Å². The Morgan fingerprint density at radius 1 is 0.966 bits per heavy atom. The van der Waals surface area contributed by atoms with Crippen LogP contribution in [0.1, 0.15) is 22.8 Å². The summed E-state index contributed by atoms with van der Waals surface area (Å²) in [4.78, 5) is 24.4. The molecule has 0 unspecified atom stereocenters. The highest BCUT2D eigenvalue weighted by atomic mass is 32.2. The number of carbonyl (C=O) groups excluding carboxylic acids is 2. The summed E-state index contributed by atoms with van der Waals surface area (Å²) in [6.45, 7) is 2.79. The normalized spacial score (nSPS) is 12.5. The minimum Gasteiger partial charge on any atom is -0.453 e. The van der Waals surface area contributed by atoms with Crippen molar-refractivity contribution in [1.29, 1.82) is 0 Å². The van der Waals surface area contributed by atoms with Crippen molar-refractivity contribution in [3.63, 3.8) is 0 Å². The Morgan fingerprint density at radius 3 is 2.31 bits per heavy atom. The number of hydrogen-bond donors (Lipinski definition) is 1. The van der Waals surface area contributed by atoms with Crippen LogP contribution in [0.2, 0.25) is 0 Å². The first kappa shape index (κ1) is 20.7. The quantitative estimate of drug-likeness (QED) is 0.476. The van der Waals surface area contributed by atoms with Crippen LogP contribution < -0.4 is 4.72 Å². The molecule has 0 radical (unpaired) electrons. The summed E-state index contributed by atoms with van der Waals surface area (Å²) in [6.07, 6.45) is -1.02. The van der Waals surface area contributed by atoms with Crippen molar-refractivity contribution in [2.24, 2.45) is 0 Å². The number of fused-ring (bicyclic) bond motifs is 1. The Morgan fingerprint density at radius 2 is 1.62 bits per heavy atom. The molecule has 6 nitrogen and oxygen atoms in total. The third-order valence-corrected chi connectivity index (χ3v) is 5.85. The maximum absolute atomic E-state index is 12.5. The Bertz CT molecular complexity index is 1150. The fourth-order valence-electron chi connectivity index (χ4n) is 2.82. The van der Waals surface area contributed by atoms with Crippen LogP contribution in [-0.2, 0) is 19.6 Å². The van der Waals surface area contributed by atoms with Crippen LogP contribution in [0.3, 0.4) is 0 Å². The molecule has 1 N–H and O–H groups in total. The number of ether oxygens (including phenoxy) is 1. The lowest BCUT2D eigenvalue weighted by molar-refractivity contribution is -0.144. The van der Waals surface area contributed by atoms with Crippen molar-refractivity contribution in [2.75, 3.05) is 6.54 Å². The zero-order chi connectivity index (χ0) is 21.0. The lowest BCUT2D eigenvalue weighted by Gasteiger charge is -2.13. The zero-order valence-electron chi connectivity index (χ0n) is 16.1. The van der Waals surface area contributed by atoms with Gasteiger partial charge in [0.2, 0.25) is 15.8 Å². The number of hydrogen-bond acceptors (Lipinski definition) is 5. The second-order valence-corrected chi connectivity index (χ2v) is 8.46. The van der Waals surface area contributed by atoms with E-state index in [1.807, 2.05) is 25.1 Å². The molecule has 7 heteroatoms. The fourth-order valence-corrected chi connectivity index (χ4v) is 3.82. The highest BCUT2D eigenvalue weighted by molar-refractivity contribution is 7.89. The Hall–Kier alpha value is -3.03. The summed E-state index contributed by atoms with van der Waals surface area (Å²) >= 11 is 0. The summed E-state index contributed by atoms with van der Waals surface area (Å²) in [5.41, 5.74) is 1.43. The first-order valence-corrected chi connectivity index (χ1v) is 10.5. The lowest BCUT2D eigenvalue weighted by Crippen LogP contribution is -2.34. The number of esters is 1. The number of ketones is 1. The second-order valence-electron chi connectivity index (χ2n) is 6.70. The van der Waals surface area contributed by atoms with Gasteiger partial charge in [-0.2, -0.15) is 4.72 Å². The van der Waals surface area contributed by atoms with Crippen molar-refractivity contribution >= 4 is 32.5 Å². The van der Waals surface area contributed by atoms with Gasteiger partial charge in [0.1, 0.15) is 6.54 Å². The van der Waals surface area contributed by atoms with Crippen LogP contribution in [0.15, 0.2) is 71.6 Å². The van der Waals surface area contributed by atoms with Crippen LogP contribution in [0.25, 0.3) is 10.8 Å². The molecule has 0 saturated heterocycles. The van der Waals surface area contributed by atoms with Crippen LogP contribution >= 0.6 is 0 Å². The molecule has 0 aliphatic rings. The van der Waals surface area contributed by atoms with Crippen LogP contribution in [0.4, 0.5) is 0 Å². The molecule has 0 aromatic heterocycles. The van der Waals surface area contributed by atoms with Gasteiger partial charge < -0.3 is 4.74 Å². The maximum Gasteiger partial charge on any atom is 0.321 e. The van der Waals surface area contributed by atoms with Gasteiger partial charge >= 0.3 is 5.97 Å². The average molecular weight is 411 g/mol. The van der Waals surface area contributed by atoms with E-state index in [1.54, 1.807) is 36.4 Å². The number of sulfonamides is 1. The Labute approximate surface area is 169 Å². The van der Waals surface area contributed by atoms with Crippen molar-refractivity contribution in [3.8, 4) is 0 Å². The minimum absolute atomic E-state index is 0.0489. The highest BCUT2D eigenvalue weighted by Gasteiger charge is 2.21. The summed E-state index contributed by atoms with van der Waals surface area (Å²) in [5.74, 6) is -1.18. The van der Waals surface area contributed by atoms with Crippen LogP contribution in [0, 0.1) is 6.92 Å². The highest BCUT2D eigenvalue weighted by Crippen LogP contribution is 2.18. The fraction of sp³-hybridized carbons (Fsp3) is 0.182. The molecule has 0 aliphatic carbocycles. The van der Waals surface area contributed by atoms with E-state index >= 15 is 0 Å². The smallest absolute Gasteiger partial charge is 0.321 e. The number of benzene rings is 3. The number of Topliss-reactive ketones (excluding diaryl/α,β-unsaturated/α-hetero) is 1. The van der Waals surface area contributed by atoms with Gasteiger partial charge in [0.25, 0.3) is 0 Å². The first-order chi connectivity index (χ1) is 13.8. The summed E-state index contributed by atoms with van der Waals surface area (Å²) in [7, 11) is -3.90. The lowest BCUT2D eigenvalue weighted by atomic mass is 10.1. The molecule has 0 amide bonds. The standard InChI is InChI=1S/C22H21NO5S/c1-15-7-9-18(10-8-15)22(25)16(2)28-21(24)14-23-29(26,27)20-12-11-17-5-3-4-6-19(17)13-20/h3-13,16,23H,14H2,1-2H3/t16-/m0/s1. The predicted molar refractivity (Wildman–Crippen MR) is 110 cm³/mol. The van der Waals surface area contributed by atoms with Crippen molar-refractivity contribution in [2.45, 2.75) is 24.8 Å². The number of rotatable bonds is 7. The third kappa shape index (κ3) is 5.07. The number of carbonyl (C=O) groups is 2.